The molecule has 1 N–H and O–H groups in total. The fourth-order valence-electron chi connectivity index (χ4n) is 2.70. The van der Waals surface area contributed by atoms with Crippen LogP contribution in [-0.4, -0.2) is 26.2 Å². The van der Waals surface area contributed by atoms with Gasteiger partial charge >= 0.3 is 0 Å². The molecule has 1 unspecified atom stereocenters. The zero-order chi connectivity index (χ0) is 18.9. The van der Waals surface area contributed by atoms with Gasteiger partial charge < -0.3 is 19.5 Å². The molecule has 0 saturated carbocycles. The fourth-order valence-corrected chi connectivity index (χ4v) is 2.70. The Hall–Kier alpha value is -2.69. The van der Waals surface area contributed by atoms with E-state index in [1.165, 1.54) is 0 Å². The van der Waals surface area contributed by atoms with Crippen LogP contribution in [0.3, 0.4) is 0 Å². The summed E-state index contributed by atoms with van der Waals surface area (Å²) in [6, 6.07) is 12.9. The number of ether oxygens (including phenoxy) is 3. The smallest absolute Gasteiger partial charge is 0.251 e. The molecule has 1 amide bonds. The number of hydrogen-bond donors (Lipinski definition) is 1. The number of methoxy groups -OCH3 is 2. The molecular weight excluding hydrogens is 330 g/mol. The first-order valence-electron chi connectivity index (χ1n) is 8.82. The van der Waals surface area contributed by atoms with Gasteiger partial charge in [0, 0.05) is 23.2 Å². The number of hydrogen-bond acceptors (Lipinski definition) is 4. The summed E-state index contributed by atoms with van der Waals surface area (Å²) in [5, 5.41) is 3.01. The maximum Gasteiger partial charge on any atom is 0.251 e. The predicted molar refractivity (Wildman–Crippen MR) is 102 cm³/mol. The maximum atomic E-state index is 12.4. The van der Waals surface area contributed by atoms with E-state index < -0.39 is 0 Å². The van der Waals surface area contributed by atoms with E-state index in [9.17, 15) is 4.79 Å². The third-order valence-electron chi connectivity index (χ3n) is 4.08. The highest BCUT2D eigenvalue weighted by Crippen LogP contribution is 2.24. The van der Waals surface area contributed by atoms with Crippen LogP contribution in [-0.2, 0) is 6.61 Å². The molecule has 1 atom stereocenters. The lowest BCUT2D eigenvalue weighted by molar-refractivity contribution is 0.0938. The summed E-state index contributed by atoms with van der Waals surface area (Å²) in [4.78, 5) is 12.4. The summed E-state index contributed by atoms with van der Waals surface area (Å²) < 4.78 is 16.4. The number of rotatable bonds is 9. The molecule has 5 nitrogen and oxygen atoms in total. The largest absolute Gasteiger partial charge is 0.497 e. The molecule has 2 aromatic carbocycles. The van der Waals surface area contributed by atoms with E-state index >= 15 is 0 Å². The standard InChI is InChI=1S/C21H27NO4/c1-5-7-15(2)22-21(23)16-10-11-20(25-4)17(12-16)14-26-19-9-6-8-18(13-19)24-3/h6,8-13,15H,5,7,14H2,1-4H3,(H,22,23). The average Bonchev–Trinajstić information content (AvgIpc) is 2.66. The Morgan fingerprint density at radius 1 is 1.08 bits per heavy atom. The highest BCUT2D eigenvalue weighted by atomic mass is 16.5. The molecule has 2 aromatic rings. The predicted octanol–water partition coefficient (Wildman–Crippen LogP) is 4.20. The maximum absolute atomic E-state index is 12.4. The van der Waals surface area contributed by atoms with Gasteiger partial charge in [-0.1, -0.05) is 19.4 Å². The average molecular weight is 357 g/mol. The summed E-state index contributed by atoms with van der Waals surface area (Å²) in [6.07, 6.45) is 1.98. The monoisotopic (exact) mass is 357 g/mol. The quantitative estimate of drug-likeness (QED) is 0.731. The zero-order valence-corrected chi connectivity index (χ0v) is 15.9. The van der Waals surface area contributed by atoms with Crippen molar-refractivity contribution in [3.63, 3.8) is 0 Å². The molecule has 0 aliphatic carbocycles. The first kappa shape index (κ1) is 19.6. The fraction of sp³-hybridized carbons (Fsp3) is 0.381. The topological polar surface area (TPSA) is 56.8 Å². The van der Waals surface area contributed by atoms with Gasteiger partial charge in [0.05, 0.1) is 14.2 Å². The minimum atomic E-state index is -0.0868. The van der Waals surface area contributed by atoms with Crippen LogP contribution in [0, 0.1) is 0 Å². The lowest BCUT2D eigenvalue weighted by Gasteiger charge is -2.15. The molecule has 0 saturated heterocycles. The van der Waals surface area contributed by atoms with Crippen LogP contribution in [0.25, 0.3) is 0 Å². The highest BCUT2D eigenvalue weighted by Gasteiger charge is 2.13. The molecule has 0 radical (unpaired) electrons. The third-order valence-corrected chi connectivity index (χ3v) is 4.08. The van der Waals surface area contributed by atoms with Crippen molar-refractivity contribution in [3.05, 3.63) is 53.6 Å². The van der Waals surface area contributed by atoms with Crippen molar-refractivity contribution >= 4 is 5.91 Å². The van der Waals surface area contributed by atoms with Crippen molar-refractivity contribution < 1.29 is 19.0 Å². The lowest BCUT2D eigenvalue weighted by Crippen LogP contribution is -2.32. The van der Waals surface area contributed by atoms with Gasteiger partial charge in [-0.05, 0) is 43.7 Å². The molecule has 0 heterocycles. The minimum Gasteiger partial charge on any atom is -0.497 e. The molecule has 0 aliphatic rings. The van der Waals surface area contributed by atoms with Gasteiger partial charge in [-0.3, -0.25) is 4.79 Å². The molecule has 0 aliphatic heterocycles. The van der Waals surface area contributed by atoms with Gasteiger partial charge in [0.2, 0.25) is 0 Å². The van der Waals surface area contributed by atoms with E-state index in [1.54, 1.807) is 26.4 Å². The first-order valence-corrected chi connectivity index (χ1v) is 8.82. The highest BCUT2D eigenvalue weighted by molar-refractivity contribution is 5.94. The SMILES string of the molecule is CCCC(C)NC(=O)c1ccc(OC)c(COc2cccc(OC)c2)c1. The molecular formula is C21H27NO4. The van der Waals surface area contributed by atoms with E-state index in [0.717, 1.165) is 24.2 Å². The molecule has 0 fully saturated rings. The second-order valence-corrected chi connectivity index (χ2v) is 6.16. The second-order valence-electron chi connectivity index (χ2n) is 6.16. The second kappa shape index (κ2) is 9.70. The first-order chi connectivity index (χ1) is 12.6. The van der Waals surface area contributed by atoms with Crippen molar-refractivity contribution in [1.82, 2.24) is 5.32 Å². The van der Waals surface area contributed by atoms with Gasteiger partial charge in [0.1, 0.15) is 23.9 Å². The van der Waals surface area contributed by atoms with Gasteiger partial charge in [-0.25, -0.2) is 0 Å². The summed E-state index contributed by atoms with van der Waals surface area (Å²) >= 11 is 0. The summed E-state index contributed by atoms with van der Waals surface area (Å²) in [7, 11) is 3.22. The Morgan fingerprint density at radius 2 is 1.85 bits per heavy atom. The number of carbonyl (C=O) groups excluding carboxylic acids is 1. The Bertz CT molecular complexity index is 730. The molecule has 0 spiro atoms. The Labute approximate surface area is 155 Å². The molecule has 0 aromatic heterocycles. The van der Waals surface area contributed by atoms with Crippen molar-refractivity contribution in [3.8, 4) is 17.2 Å². The number of carbonyl (C=O) groups is 1. The third kappa shape index (κ3) is 5.41. The molecule has 26 heavy (non-hydrogen) atoms. The van der Waals surface area contributed by atoms with Gasteiger partial charge in [0.15, 0.2) is 0 Å². The van der Waals surface area contributed by atoms with Crippen molar-refractivity contribution in [1.29, 1.82) is 0 Å². The van der Waals surface area contributed by atoms with Crippen LogP contribution in [0.4, 0.5) is 0 Å². The Morgan fingerprint density at radius 3 is 2.54 bits per heavy atom. The van der Waals surface area contributed by atoms with E-state index in [-0.39, 0.29) is 11.9 Å². The molecule has 140 valence electrons. The normalized spacial score (nSPS) is 11.5. The van der Waals surface area contributed by atoms with Crippen LogP contribution >= 0.6 is 0 Å². The van der Waals surface area contributed by atoms with E-state index in [0.29, 0.717) is 23.7 Å². The summed E-state index contributed by atoms with van der Waals surface area (Å²) in [5.41, 5.74) is 1.41. The molecule has 2 rings (SSSR count). The number of benzene rings is 2. The summed E-state index contributed by atoms with van der Waals surface area (Å²) in [6.45, 7) is 4.41. The number of nitrogens with one attached hydrogen (secondary N) is 1. The number of amides is 1. The van der Waals surface area contributed by atoms with Crippen LogP contribution in [0.2, 0.25) is 0 Å². The van der Waals surface area contributed by atoms with Crippen molar-refractivity contribution in [2.24, 2.45) is 0 Å². The van der Waals surface area contributed by atoms with Crippen molar-refractivity contribution in [2.45, 2.75) is 39.3 Å². The van der Waals surface area contributed by atoms with Crippen LogP contribution in [0.15, 0.2) is 42.5 Å². The minimum absolute atomic E-state index is 0.0868. The molecule has 5 heteroatoms. The molecule has 0 bridgehead atoms. The van der Waals surface area contributed by atoms with E-state index in [2.05, 4.69) is 12.2 Å². The van der Waals surface area contributed by atoms with Gasteiger partial charge in [-0.2, -0.15) is 0 Å². The Kier molecular flexibility index (Phi) is 7.33. The zero-order valence-electron chi connectivity index (χ0n) is 15.9. The van der Waals surface area contributed by atoms with Crippen LogP contribution in [0.5, 0.6) is 17.2 Å². The van der Waals surface area contributed by atoms with E-state index in [1.807, 2.05) is 37.3 Å². The van der Waals surface area contributed by atoms with Crippen LogP contribution in [0.1, 0.15) is 42.6 Å². The van der Waals surface area contributed by atoms with Gasteiger partial charge in [-0.15, -0.1) is 0 Å². The Balaban J connectivity index is 2.12. The lowest BCUT2D eigenvalue weighted by atomic mass is 10.1. The van der Waals surface area contributed by atoms with E-state index in [4.69, 9.17) is 14.2 Å². The van der Waals surface area contributed by atoms with Crippen LogP contribution < -0.4 is 19.5 Å². The summed E-state index contributed by atoms with van der Waals surface area (Å²) in [5.74, 6) is 2.02. The van der Waals surface area contributed by atoms with Crippen molar-refractivity contribution in [2.75, 3.05) is 14.2 Å². The van der Waals surface area contributed by atoms with Gasteiger partial charge in [0.25, 0.3) is 5.91 Å².